The molecule has 4 nitrogen and oxygen atoms in total. The van der Waals surface area contributed by atoms with E-state index in [1.807, 2.05) is 0 Å². The van der Waals surface area contributed by atoms with Crippen molar-refractivity contribution in [3.05, 3.63) is 29.8 Å². The van der Waals surface area contributed by atoms with Gasteiger partial charge in [-0.1, -0.05) is 26.0 Å². The summed E-state index contributed by atoms with van der Waals surface area (Å²) in [4.78, 5) is 4.12. The van der Waals surface area contributed by atoms with Crippen LogP contribution in [-0.2, 0) is 6.54 Å². The maximum atomic E-state index is 12.1. The summed E-state index contributed by atoms with van der Waals surface area (Å²) in [7, 11) is 1.69. The molecule has 130 valence electrons. The van der Waals surface area contributed by atoms with Crippen LogP contribution in [-0.4, -0.2) is 32.3 Å². The van der Waals surface area contributed by atoms with Gasteiger partial charge in [-0.05, 0) is 30.0 Å². The molecule has 0 aliphatic heterocycles. The lowest BCUT2D eigenvalue weighted by atomic mass is 10.1. The van der Waals surface area contributed by atoms with Gasteiger partial charge in [0.05, 0.1) is 0 Å². The van der Waals surface area contributed by atoms with Crippen molar-refractivity contribution in [1.82, 2.24) is 10.6 Å². The summed E-state index contributed by atoms with van der Waals surface area (Å²) in [5.74, 6) is 1.51. The van der Waals surface area contributed by atoms with Crippen LogP contribution in [0.25, 0.3) is 0 Å². The summed E-state index contributed by atoms with van der Waals surface area (Å²) < 4.78 is 40.9. The zero-order chi connectivity index (χ0) is 17.3. The molecule has 0 unspecified atom stereocenters. The highest BCUT2D eigenvalue weighted by atomic mass is 19.4. The standard InChI is InChI=1S/C16H24F3N3O/c1-12(2)8-9-21-15(20-3)22-10-13-4-6-14(7-5-13)23-11-16(17,18)19/h4-7,12H,8-11H2,1-3H3,(H2,20,21,22). The molecule has 0 aliphatic carbocycles. The molecule has 0 saturated carbocycles. The number of guanidine groups is 1. The molecule has 0 saturated heterocycles. The quantitative estimate of drug-likeness (QED) is 0.595. The third kappa shape index (κ3) is 8.95. The van der Waals surface area contributed by atoms with Crippen LogP contribution >= 0.6 is 0 Å². The monoisotopic (exact) mass is 331 g/mol. The summed E-state index contributed by atoms with van der Waals surface area (Å²) in [6.07, 6.45) is -3.28. The second kappa shape index (κ2) is 9.27. The van der Waals surface area contributed by atoms with Gasteiger partial charge in [0.15, 0.2) is 12.6 Å². The van der Waals surface area contributed by atoms with Gasteiger partial charge in [0.25, 0.3) is 0 Å². The Morgan fingerprint density at radius 1 is 1.17 bits per heavy atom. The van der Waals surface area contributed by atoms with E-state index < -0.39 is 12.8 Å². The van der Waals surface area contributed by atoms with Gasteiger partial charge in [-0.2, -0.15) is 13.2 Å². The molecule has 1 aromatic carbocycles. The highest BCUT2D eigenvalue weighted by Gasteiger charge is 2.28. The van der Waals surface area contributed by atoms with E-state index in [9.17, 15) is 13.2 Å². The van der Waals surface area contributed by atoms with Crippen LogP contribution in [0.1, 0.15) is 25.8 Å². The zero-order valence-corrected chi connectivity index (χ0v) is 13.7. The molecule has 0 spiro atoms. The first-order valence-corrected chi connectivity index (χ1v) is 7.53. The minimum absolute atomic E-state index is 0.200. The van der Waals surface area contributed by atoms with E-state index in [1.54, 1.807) is 19.2 Å². The molecule has 7 heteroatoms. The van der Waals surface area contributed by atoms with Gasteiger partial charge in [0, 0.05) is 20.1 Å². The molecular weight excluding hydrogens is 307 g/mol. The van der Waals surface area contributed by atoms with E-state index in [0.29, 0.717) is 18.4 Å². The predicted octanol–water partition coefficient (Wildman–Crippen LogP) is 3.34. The van der Waals surface area contributed by atoms with Crippen molar-refractivity contribution in [1.29, 1.82) is 0 Å². The third-order valence-corrected chi connectivity index (χ3v) is 3.02. The van der Waals surface area contributed by atoms with Crippen molar-refractivity contribution >= 4 is 5.96 Å². The number of nitrogens with one attached hydrogen (secondary N) is 2. The summed E-state index contributed by atoms with van der Waals surface area (Å²) in [6.45, 7) is 4.39. The van der Waals surface area contributed by atoms with Gasteiger partial charge in [-0.25, -0.2) is 0 Å². The van der Waals surface area contributed by atoms with Crippen LogP contribution in [0.3, 0.4) is 0 Å². The molecular formula is C16H24F3N3O. The molecule has 0 aromatic heterocycles. The Bertz CT molecular complexity index is 484. The van der Waals surface area contributed by atoms with Crippen molar-refractivity contribution in [2.24, 2.45) is 10.9 Å². The predicted molar refractivity (Wildman–Crippen MR) is 85.6 cm³/mol. The van der Waals surface area contributed by atoms with E-state index in [4.69, 9.17) is 0 Å². The second-order valence-electron chi connectivity index (χ2n) is 5.58. The van der Waals surface area contributed by atoms with Crippen molar-refractivity contribution in [2.45, 2.75) is 33.0 Å². The van der Waals surface area contributed by atoms with Crippen LogP contribution in [0.15, 0.2) is 29.3 Å². The fraction of sp³-hybridized carbons (Fsp3) is 0.562. The van der Waals surface area contributed by atoms with E-state index in [-0.39, 0.29) is 5.75 Å². The number of benzene rings is 1. The Balaban J connectivity index is 2.39. The van der Waals surface area contributed by atoms with Crippen LogP contribution in [0.5, 0.6) is 5.75 Å². The van der Waals surface area contributed by atoms with E-state index in [0.717, 1.165) is 18.5 Å². The number of rotatable bonds is 7. The van der Waals surface area contributed by atoms with Crippen LogP contribution in [0, 0.1) is 5.92 Å². The molecule has 23 heavy (non-hydrogen) atoms. The normalized spacial score (nSPS) is 12.4. The SMILES string of the molecule is CN=C(NCCC(C)C)NCc1ccc(OCC(F)(F)F)cc1. The van der Waals surface area contributed by atoms with Crippen molar-refractivity contribution < 1.29 is 17.9 Å². The molecule has 0 atom stereocenters. The first-order chi connectivity index (χ1) is 10.8. The Labute approximate surface area is 135 Å². The number of nitrogens with zero attached hydrogens (tertiary/aromatic N) is 1. The summed E-state index contributed by atoms with van der Waals surface area (Å²) >= 11 is 0. The molecule has 0 radical (unpaired) electrons. The topological polar surface area (TPSA) is 45.7 Å². The van der Waals surface area contributed by atoms with Gasteiger partial charge in [0.2, 0.25) is 0 Å². The Kier molecular flexibility index (Phi) is 7.71. The smallest absolute Gasteiger partial charge is 0.422 e. The largest absolute Gasteiger partial charge is 0.484 e. The Morgan fingerprint density at radius 3 is 2.35 bits per heavy atom. The van der Waals surface area contributed by atoms with Gasteiger partial charge in [0.1, 0.15) is 5.75 Å². The van der Waals surface area contributed by atoms with Gasteiger partial charge in [-0.3, -0.25) is 4.99 Å². The molecule has 1 rings (SSSR count). The minimum Gasteiger partial charge on any atom is -0.484 e. The van der Waals surface area contributed by atoms with Gasteiger partial charge >= 0.3 is 6.18 Å². The molecule has 0 fully saturated rings. The average Bonchev–Trinajstić information content (AvgIpc) is 2.48. The van der Waals surface area contributed by atoms with Crippen LogP contribution in [0.2, 0.25) is 0 Å². The third-order valence-electron chi connectivity index (χ3n) is 3.02. The fourth-order valence-corrected chi connectivity index (χ4v) is 1.75. The van der Waals surface area contributed by atoms with E-state index in [2.05, 4.69) is 34.2 Å². The molecule has 1 aromatic rings. The minimum atomic E-state index is -4.33. The molecule has 0 bridgehead atoms. The molecule has 0 aliphatic rings. The number of hydrogen-bond donors (Lipinski definition) is 2. The average molecular weight is 331 g/mol. The molecule has 0 amide bonds. The molecule has 2 N–H and O–H groups in total. The lowest BCUT2D eigenvalue weighted by Crippen LogP contribution is -2.37. The van der Waals surface area contributed by atoms with Crippen LogP contribution in [0.4, 0.5) is 13.2 Å². The lowest BCUT2D eigenvalue weighted by Gasteiger charge is -2.13. The summed E-state index contributed by atoms with van der Waals surface area (Å²) in [5.41, 5.74) is 0.927. The number of hydrogen-bond acceptors (Lipinski definition) is 2. The second-order valence-corrected chi connectivity index (χ2v) is 5.58. The highest BCUT2D eigenvalue weighted by Crippen LogP contribution is 2.18. The number of halogens is 3. The number of ether oxygens (including phenoxy) is 1. The highest BCUT2D eigenvalue weighted by molar-refractivity contribution is 5.79. The fourth-order valence-electron chi connectivity index (χ4n) is 1.75. The maximum Gasteiger partial charge on any atom is 0.422 e. The zero-order valence-electron chi connectivity index (χ0n) is 13.7. The van der Waals surface area contributed by atoms with Crippen molar-refractivity contribution in [3.8, 4) is 5.75 Å². The Hall–Kier alpha value is -1.92. The number of alkyl halides is 3. The first kappa shape index (κ1) is 19.1. The molecule has 0 heterocycles. The number of aliphatic imine (C=N–C) groups is 1. The first-order valence-electron chi connectivity index (χ1n) is 7.53. The summed E-state index contributed by atoms with van der Waals surface area (Å²) in [6, 6.07) is 6.50. The summed E-state index contributed by atoms with van der Waals surface area (Å²) in [5, 5.41) is 6.36. The van der Waals surface area contributed by atoms with E-state index >= 15 is 0 Å². The lowest BCUT2D eigenvalue weighted by molar-refractivity contribution is -0.153. The Morgan fingerprint density at radius 2 is 1.83 bits per heavy atom. The van der Waals surface area contributed by atoms with Crippen molar-refractivity contribution in [2.75, 3.05) is 20.2 Å². The van der Waals surface area contributed by atoms with Crippen molar-refractivity contribution in [3.63, 3.8) is 0 Å². The van der Waals surface area contributed by atoms with Gasteiger partial charge < -0.3 is 15.4 Å². The van der Waals surface area contributed by atoms with Gasteiger partial charge in [-0.15, -0.1) is 0 Å². The maximum absolute atomic E-state index is 12.1. The van der Waals surface area contributed by atoms with Crippen LogP contribution < -0.4 is 15.4 Å². The van der Waals surface area contributed by atoms with E-state index in [1.165, 1.54) is 12.1 Å².